The molecule has 0 saturated carbocycles. The van der Waals surface area contributed by atoms with E-state index in [9.17, 15) is 8.42 Å². The molecule has 0 heterocycles. The third kappa shape index (κ3) is 4.71. The molecule has 0 aromatic heterocycles. The molecule has 0 fully saturated rings. The minimum absolute atomic E-state index is 0.433. The highest BCUT2D eigenvalue weighted by molar-refractivity contribution is 7.89. The van der Waals surface area contributed by atoms with E-state index in [1.54, 1.807) is 0 Å². The molecule has 0 amide bonds. The zero-order valence-corrected chi connectivity index (χ0v) is 18.4. The lowest BCUT2D eigenvalue weighted by molar-refractivity contribution is 0.577. The standard InChI is InChI=1S/C22H32N2O2S/c1-15-16(2)18(4)22(19(5)17(15)3)27(25,26)23-14-8-9-20-10-12-21(13-11-20)24(6)7/h10-13,23H,8-9,14H2,1-7H3. The average molecular weight is 389 g/mol. The van der Waals surface area contributed by atoms with Crippen molar-refractivity contribution in [2.75, 3.05) is 25.5 Å². The molecule has 1 N–H and O–H groups in total. The lowest BCUT2D eigenvalue weighted by atomic mass is 9.95. The quantitative estimate of drug-likeness (QED) is 0.723. The minimum Gasteiger partial charge on any atom is -0.378 e. The van der Waals surface area contributed by atoms with Gasteiger partial charge in [0.15, 0.2) is 0 Å². The van der Waals surface area contributed by atoms with Crippen LogP contribution in [0.15, 0.2) is 29.2 Å². The molecule has 2 aromatic rings. The summed E-state index contributed by atoms with van der Waals surface area (Å²) >= 11 is 0. The van der Waals surface area contributed by atoms with Gasteiger partial charge >= 0.3 is 0 Å². The van der Waals surface area contributed by atoms with E-state index in [0.29, 0.717) is 11.4 Å². The van der Waals surface area contributed by atoms with Gasteiger partial charge in [0.1, 0.15) is 0 Å². The molecule has 0 atom stereocenters. The van der Waals surface area contributed by atoms with Crippen molar-refractivity contribution in [3.05, 3.63) is 57.6 Å². The average Bonchev–Trinajstić information content (AvgIpc) is 2.62. The molecule has 0 aliphatic heterocycles. The topological polar surface area (TPSA) is 49.4 Å². The summed E-state index contributed by atoms with van der Waals surface area (Å²) < 4.78 is 28.6. The summed E-state index contributed by atoms with van der Waals surface area (Å²) in [6.07, 6.45) is 1.61. The van der Waals surface area contributed by atoms with Crippen LogP contribution in [0.5, 0.6) is 0 Å². The maximum absolute atomic E-state index is 12.9. The number of nitrogens with one attached hydrogen (secondary N) is 1. The van der Waals surface area contributed by atoms with Crippen molar-refractivity contribution >= 4 is 15.7 Å². The van der Waals surface area contributed by atoms with E-state index in [1.807, 2.05) is 41.8 Å². The first kappa shape index (κ1) is 21.5. The van der Waals surface area contributed by atoms with E-state index < -0.39 is 10.0 Å². The van der Waals surface area contributed by atoms with Crippen LogP contribution >= 0.6 is 0 Å². The summed E-state index contributed by atoms with van der Waals surface area (Å²) in [5.41, 5.74) is 7.36. The smallest absolute Gasteiger partial charge is 0.241 e. The molecule has 148 valence electrons. The number of hydrogen-bond acceptors (Lipinski definition) is 3. The molecule has 0 aliphatic rings. The number of hydrogen-bond donors (Lipinski definition) is 1. The van der Waals surface area contributed by atoms with Gasteiger partial charge in [-0.2, -0.15) is 0 Å². The minimum atomic E-state index is -3.51. The molecule has 2 rings (SSSR count). The molecule has 4 nitrogen and oxygen atoms in total. The lowest BCUT2D eigenvalue weighted by Gasteiger charge is -2.19. The van der Waals surface area contributed by atoms with Crippen LogP contribution in [0.3, 0.4) is 0 Å². The number of nitrogens with zero attached hydrogens (tertiary/aromatic N) is 1. The fourth-order valence-corrected chi connectivity index (χ4v) is 5.07. The monoisotopic (exact) mass is 388 g/mol. The Morgan fingerprint density at radius 1 is 0.815 bits per heavy atom. The molecule has 0 aliphatic carbocycles. The highest BCUT2D eigenvalue weighted by atomic mass is 32.2. The maximum Gasteiger partial charge on any atom is 0.241 e. The zero-order chi connectivity index (χ0) is 20.4. The van der Waals surface area contributed by atoms with Crippen LogP contribution in [0.1, 0.15) is 39.8 Å². The van der Waals surface area contributed by atoms with E-state index in [2.05, 4.69) is 40.8 Å². The number of aryl methyl sites for hydroxylation is 1. The SMILES string of the molecule is Cc1c(C)c(C)c(S(=O)(=O)NCCCc2ccc(N(C)C)cc2)c(C)c1C. The Hall–Kier alpha value is -1.85. The van der Waals surface area contributed by atoms with Crippen molar-refractivity contribution in [3.63, 3.8) is 0 Å². The van der Waals surface area contributed by atoms with Crippen LogP contribution in [0.2, 0.25) is 0 Å². The van der Waals surface area contributed by atoms with E-state index in [1.165, 1.54) is 11.1 Å². The molecule has 0 radical (unpaired) electrons. The maximum atomic E-state index is 12.9. The van der Waals surface area contributed by atoms with Gasteiger partial charge in [-0.1, -0.05) is 12.1 Å². The summed E-state index contributed by atoms with van der Waals surface area (Å²) in [4.78, 5) is 2.51. The predicted octanol–water partition coefficient (Wildman–Crippen LogP) is 4.21. The molecule has 27 heavy (non-hydrogen) atoms. The molecule has 0 bridgehead atoms. The Labute approximate surface area is 164 Å². The van der Waals surface area contributed by atoms with Crippen LogP contribution in [-0.2, 0) is 16.4 Å². The van der Waals surface area contributed by atoms with E-state index in [-0.39, 0.29) is 0 Å². The van der Waals surface area contributed by atoms with Gasteiger partial charge in [-0.05, 0) is 93.0 Å². The third-order valence-electron chi connectivity index (χ3n) is 5.59. The van der Waals surface area contributed by atoms with Gasteiger partial charge < -0.3 is 4.90 Å². The zero-order valence-electron chi connectivity index (χ0n) is 17.6. The Morgan fingerprint density at radius 2 is 1.30 bits per heavy atom. The predicted molar refractivity (Wildman–Crippen MR) is 114 cm³/mol. The van der Waals surface area contributed by atoms with E-state index in [0.717, 1.165) is 40.8 Å². The molecule has 2 aromatic carbocycles. The van der Waals surface area contributed by atoms with Crippen LogP contribution in [0.4, 0.5) is 5.69 Å². The number of benzene rings is 2. The molecule has 0 saturated heterocycles. The third-order valence-corrected chi connectivity index (χ3v) is 7.32. The summed E-state index contributed by atoms with van der Waals surface area (Å²) in [6, 6.07) is 8.38. The van der Waals surface area contributed by atoms with Crippen molar-refractivity contribution in [2.24, 2.45) is 0 Å². The van der Waals surface area contributed by atoms with Gasteiger partial charge in [0.25, 0.3) is 0 Å². The molecular weight excluding hydrogens is 356 g/mol. The van der Waals surface area contributed by atoms with Gasteiger partial charge in [-0.15, -0.1) is 0 Å². The van der Waals surface area contributed by atoms with Crippen molar-refractivity contribution in [1.29, 1.82) is 0 Å². The van der Waals surface area contributed by atoms with Gasteiger partial charge in [-0.25, -0.2) is 13.1 Å². The fourth-order valence-electron chi connectivity index (χ4n) is 3.40. The normalized spacial score (nSPS) is 11.7. The van der Waals surface area contributed by atoms with Crippen LogP contribution in [-0.4, -0.2) is 29.1 Å². The highest BCUT2D eigenvalue weighted by Crippen LogP contribution is 2.29. The van der Waals surface area contributed by atoms with Gasteiger partial charge in [0, 0.05) is 26.3 Å². The largest absolute Gasteiger partial charge is 0.378 e. The Morgan fingerprint density at radius 3 is 1.78 bits per heavy atom. The van der Waals surface area contributed by atoms with Crippen LogP contribution < -0.4 is 9.62 Å². The summed E-state index contributed by atoms with van der Waals surface area (Å²) in [7, 11) is 0.520. The summed E-state index contributed by atoms with van der Waals surface area (Å²) in [6.45, 7) is 10.3. The van der Waals surface area contributed by atoms with Crippen molar-refractivity contribution in [1.82, 2.24) is 4.72 Å². The number of sulfonamides is 1. The lowest BCUT2D eigenvalue weighted by Crippen LogP contribution is -2.27. The van der Waals surface area contributed by atoms with Crippen LogP contribution in [0, 0.1) is 34.6 Å². The first-order valence-electron chi connectivity index (χ1n) is 9.39. The van der Waals surface area contributed by atoms with E-state index >= 15 is 0 Å². The Bertz CT molecular complexity index is 885. The van der Waals surface area contributed by atoms with Gasteiger partial charge in [0.05, 0.1) is 4.90 Å². The summed E-state index contributed by atoms with van der Waals surface area (Å²) in [5.74, 6) is 0. The fraction of sp³-hybridized carbons (Fsp3) is 0.455. The van der Waals surface area contributed by atoms with Crippen molar-refractivity contribution < 1.29 is 8.42 Å². The Kier molecular flexibility index (Phi) is 6.71. The second kappa shape index (κ2) is 8.44. The molecule has 0 spiro atoms. The van der Waals surface area contributed by atoms with Crippen molar-refractivity contribution in [2.45, 2.75) is 52.4 Å². The number of anilines is 1. The Balaban J connectivity index is 2.06. The first-order valence-corrected chi connectivity index (χ1v) is 10.9. The highest BCUT2D eigenvalue weighted by Gasteiger charge is 2.23. The summed E-state index contributed by atoms with van der Waals surface area (Å²) in [5, 5.41) is 0. The second-order valence-electron chi connectivity index (χ2n) is 7.52. The molecule has 0 unspecified atom stereocenters. The molecular formula is C22H32N2O2S. The van der Waals surface area contributed by atoms with Gasteiger partial charge in [0.2, 0.25) is 10.0 Å². The second-order valence-corrected chi connectivity index (χ2v) is 9.22. The molecule has 5 heteroatoms. The first-order chi connectivity index (χ1) is 12.6. The van der Waals surface area contributed by atoms with E-state index in [4.69, 9.17) is 0 Å². The van der Waals surface area contributed by atoms with Crippen LogP contribution in [0.25, 0.3) is 0 Å². The number of rotatable bonds is 7. The van der Waals surface area contributed by atoms with Crippen molar-refractivity contribution in [3.8, 4) is 0 Å². The van der Waals surface area contributed by atoms with Gasteiger partial charge in [-0.3, -0.25) is 0 Å².